The van der Waals surface area contributed by atoms with Crippen LogP contribution in [0.3, 0.4) is 0 Å². The maximum atomic E-state index is 14.6. The number of H-pyrrole nitrogens is 2. The van der Waals surface area contributed by atoms with Gasteiger partial charge in [-0.05, 0) is 60.1 Å². The zero-order valence-electron chi connectivity index (χ0n) is 36.2. The Bertz CT molecular complexity index is 2580. The lowest BCUT2D eigenvalue weighted by molar-refractivity contribution is -0.135. The fourth-order valence-corrected chi connectivity index (χ4v) is 7.63. The minimum atomic E-state index is -1.32. The highest BCUT2D eigenvalue weighted by atomic mass is 16.2. The molecule has 1 aliphatic heterocycles. The largest absolute Gasteiger partial charge is 0.370 e. The maximum Gasteiger partial charge on any atom is 0.244 e. The number of nitrogens with one attached hydrogen (secondary N) is 8. The van der Waals surface area contributed by atoms with E-state index in [1.54, 1.807) is 6.20 Å². The van der Waals surface area contributed by atoms with Gasteiger partial charge in [-0.15, -0.1) is 0 Å². The van der Waals surface area contributed by atoms with Crippen molar-refractivity contribution in [2.24, 2.45) is 22.2 Å². The lowest BCUT2D eigenvalue weighted by Crippen LogP contribution is -2.59. The van der Waals surface area contributed by atoms with E-state index in [1.807, 2.05) is 66.7 Å². The molecule has 20 nitrogen and oxygen atoms in total. The molecule has 7 amide bonds. The highest BCUT2D eigenvalue weighted by molar-refractivity contribution is 6.00. The van der Waals surface area contributed by atoms with Crippen LogP contribution in [0, 0.1) is 0 Å². The zero-order chi connectivity index (χ0) is 47.0. The summed E-state index contributed by atoms with van der Waals surface area (Å²) in [6.07, 6.45) is 7.54. The molecule has 3 heterocycles. The van der Waals surface area contributed by atoms with Gasteiger partial charge in [0.2, 0.25) is 41.4 Å². The number of carbonyl (C=O) groups excluding carboxylic acids is 7. The van der Waals surface area contributed by atoms with Crippen LogP contribution in [0.15, 0.2) is 103 Å². The average Bonchev–Trinajstić information content (AvgIpc) is 3.97. The summed E-state index contributed by atoms with van der Waals surface area (Å²) in [6.45, 7) is 0.266. The second kappa shape index (κ2) is 23.1. The molecule has 0 radical (unpaired) electrons. The van der Waals surface area contributed by atoms with Crippen molar-refractivity contribution in [2.45, 2.75) is 81.6 Å². The first-order chi connectivity index (χ1) is 31.8. The van der Waals surface area contributed by atoms with E-state index < -0.39 is 71.6 Å². The SMILES string of the molecule is NC(=O)[C@@H]1CCCCNC(=O)/C=C\C(=O)N[C@@H](Cc2cnc[nH]2)C(=O)N[C@H](Cc2ccc3ccccc3c2)C(=O)N[C@@H](CCCN=C(N)N)C(=O)N[C@@H](Cc2c[nH]c3ccccc23)C(=O)N1. The van der Waals surface area contributed by atoms with Gasteiger partial charge in [0.25, 0.3) is 0 Å². The number of guanidine groups is 1. The lowest BCUT2D eigenvalue weighted by atomic mass is 9.99. The van der Waals surface area contributed by atoms with Crippen LogP contribution in [0.1, 0.15) is 48.9 Å². The topological polar surface area (TPSA) is 327 Å². The Morgan fingerprint density at radius 2 is 1.35 bits per heavy atom. The molecular weight excluding hydrogens is 847 g/mol. The van der Waals surface area contributed by atoms with Crippen molar-refractivity contribution in [3.05, 3.63) is 114 Å². The Hall–Kier alpha value is -8.03. The molecule has 6 rings (SSSR count). The molecule has 0 fully saturated rings. The van der Waals surface area contributed by atoms with Gasteiger partial charge in [-0.3, -0.25) is 38.6 Å². The molecule has 2 aromatic heterocycles. The fraction of sp³-hybridized carbons (Fsp3) is 0.326. The first kappa shape index (κ1) is 47.4. The standard InChI is InChI=1S/C46H55N13O7/c47-41(62)34-12-5-6-18-51-39(60)16-17-40(61)55-38(23-31-25-50-26-54-31)45(66)58-36(21-27-14-15-28-8-1-2-9-29(28)20-27)43(64)57-35(13-7-19-52-46(48)49)42(63)59-37(44(65)56-34)22-30-24-53-33-11-4-3-10-32(30)33/h1-4,8-11,14-17,20,24-26,34-38,53H,5-7,12-13,18-19,21-23H2,(H2,47,62)(H,50,54)(H,51,60)(H,55,61)(H,56,65)(H,57,64)(H,58,66)(H,59,63)(H4,48,49,52)/b17-16-/t34-,35-,36+,37-,38-/m0/s1. The average molecular weight is 902 g/mol. The number of carbonyl (C=O) groups is 7. The molecule has 14 N–H and O–H groups in total. The van der Waals surface area contributed by atoms with Crippen molar-refractivity contribution in [3.63, 3.8) is 0 Å². The molecule has 0 saturated heterocycles. The van der Waals surface area contributed by atoms with Crippen molar-refractivity contribution >= 4 is 69.0 Å². The van der Waals surface area contributed by atoms with Gasteiger partial charge in [0.05, 0.1) is 6.33 Å². The van der Waals surface area contributed by atoms with Crippen molar-refractivity contribution in [2.75, 3.05) is 13.1 Å². The molecule has 0 spiro atoms. The number of fused-ring (bicyclic) bond motifs is 2. The summed E-state index contributed by atoms with van der Waals surface area (Å²) in [5, 5.41) is 19.0. The molecule has 0 unspecified atom stereocenters. The Balaban J connectivity index is 1.37. The molecular formula is C46H55N13O7. The van der Waals surface area contributed by atoms with E-state index in [4.69, 9.17) is 17.2 Å². The Morgan fingerprint density at radius 3 is 2.09 bits per heavy atom. The monoisotopic (exact) mass is 901 g/mol. The first-order valence-electron chi connectivity index (χ1n) is 21.7. The summed E-state index contributed by atoms with van der Waals surface area (Å²) >= 11 is 0. The summed E-state index contributed by atoms with van der Waals surface area (Å²) < 4.78 is 0. The van der Waals surface area contributed by atoms with Gasteiger partial charge in [0.15, 0.2) is 5.96 Å². The third-order valence-corrected chi connectivity index (χ3v) is 11.1. The zero-order valence-corrected chi connectivity index (χ0v) is 36.2. The number of nitrogens with zero attached hydrogens (tertiary/aromatic N) is 2. The Morgan fingerprint density at radius 1 is 0.682 bits per heavy atom. The van der Waals surface area contributed by atoms with Gasteiger partial charge < -0.3 is 59.1 Å². The number of aliphatic imine (C=N–C) groups is 1. The number of aromatic nitrogens is 3. The van der Waals surface area contributed by atoms with Crippen LogP contribution in [-0.4, -0.2) is 106 Å². The van der Waals surface area contributed by atoms with E-state index >= 15 is 0 Å². The summed E-state index contributed by atoms with van der Waals surface area (Å²) in [5.74, 6) is -5.29. The molecule has 3 aromatic carbocycles. The summed E-state index contributed by atoms with van der Waals surface area (Å²) in [6, 6.07) is 14.3. The molecule has 5 atom stereocenters. The number of para-hydroxylation sites is 1. The number of aromatic amines is 2. The second-order valence-corrected chi connectivity index (χ2v) is 16.0. The van der Waals surface area contributed by atoms with E-state index in [0.717, 1.165) is 33.8 Å². The number of hydrogen-bond acceptors (Lipinski definition) is 9. The number of primary amides is 1. The molecule has 0 saturated carbocycles. The fourth-order valence-electron chi connectivity index (χ4n) is 7.63. The molecule has 0 aliphatic carbocycles. The van der Waals surface area contributed by atoms with Gasteiger partial charge >= 0.3 is 0 Å². The number of imidazole rings is 1. The van der Waals surface area contributed by atoms with Gasteiger partial charge in [-0.1, -0.05) is 60.7 Å². The van der Waals surface area contributed by atoms with Crippen molar-refractivity contribution in [1.29, 1.82) is 0 Å². The Labute approximate surface area is 379 Å². The number of hydrogen-bond donors (Lipinski definition) is 11. The summed E-state index contributed by atoms with van der Waals surface area (Å²) in [7, 11) is 0. The van der Waals surface area contributed by atoms with E-state index in [1.165, 1.54) is 12.5 Å². The minimum Gasteiger partial charge on any atom is -0.370 e. The third-order valence-electron chi connectivity index (χ3n) is 11.1. The van der Waals surface area contributed by atoms with Crippen LogP contribution in [0.2, 0.25) is 0 Å². The van der Waals surface area contributed by atoms with Gasteiger partial charge in [0, 0.05) is 73.5 Å². The smallest absolute Gasteiger partial charge is 0.244 e. The maximum absolute atomic E-state index is 14.6. The third kappa shape index (κ3) is 13.7. The van der Waals surface area contributed by atoms with Crippen LogP contribution < -0.4 is 49.1 Å². The summed E-state index contributed by atoms with van der Waals surface area (Å²) in [4.78, 5) is 110. The van der Waals surface area contributed by atoms with Crippen LogP contribution in [0.25, 0.3) is 21.7 Å². The van der Waals surface area contributed by atoms with Crippen LogP contribution in [0.4, 0.5) is 0 Å². The normalized spacial score (nSPS) is 21.4. The highest BCUT2D eigenvalue weighted by Gasteiger charge is 2.33. The first-order valence-corrected chi connectivity index (χ1v) is 21.7. The van der Waals surface area contributed by atoms with E-state index in [0.29, 0.717) is 29.7 Å². The van der Waals surface area contributed by atoms with Gasteiger partial charge in [-0.25, -0.2) is 4.98 Å². The number of amides is 7. The van der Waals surface area contributed by atoms with Gasteiger partial charge in [-0.2, -0.15) is 0 Å². The van der Waals surface area contributed by atoms with Crippen molar-refractivity contribution in [3.8, 4) is 0 Å². The van der Waals surface area contributed by atoms with Gasteiger partial charge in [0.1, 0.15) is 30.2 Å². The minimum absolute atomic E-state index is 0.00603. The van der Waals surface area contributed by atoms with Crippen LogP contribution in [-0.2, 0) is 52.8 Å². The number of rotatable bonds is 11. The number of nitrogens with two attached hydrogens (primary N) is 3. The molecule has 0 bridgehead atoms. The molecule has 1 aliphatic rings. The van der Waals surface area contributed by atoms with Crippen LogP contribution >= 0.6 is 0 Å². The predicted molar refractivity (Wildman–Crippen MR) is 247 cm³/mol. The second-order valence-electron chi connectivity index (χ2n) is 16.0. The predicted octanol–water partition coefficient (Wildman–Crippen LogP) is -0.109. The van der Waals surface area contributed by atoms with Crippen molar-refractivity contribution in [1.82, 2.24) is 46.9 Å². The quantitative estimate of drug-likeness (QED) is 0.0475. The van der Waals surface area contributed by atoms with Crippen molar-refractivity contribution < 1.29 is 33.6 Å². The highest BCUT2D eigenvalue weighted by Crippen LogP contribution is 2.20. The molecule has 20 heteroatoms. The molecule has 346 valence electrons. The van der Waals surface area contributed by atoms with E-state index in [-0.39, 0.29) is 57.6 Å². The number of benzene rings is 3. The van der Waals surface area contributed by atoms with E-state index in [2.05, 4.69) is 51.8 Å². The van der Waals surface area contributed by atoms with Crippen LogP contribution in [0.5, 0.6) is 0 Å². The molecule has 66 heavy (non-hydrogen) atoms. The summed E-state index contributed by atoms with van der Waals surface area (Å²) in [5.41, 5.74) is 19.5. The van der Waals surface area contributed by atoms with E-state index in [9.17, 15) is 33.6 Å². The molecule has 5 aromatic rings. The Kier molecular flexibility index (Phi) is 16.6. The lowest BCUT2D eigenvalue weighted by Gasteiger charge is -2.27.